The molecule has 1 atom stereocenters. The van der Waals surface area contributed by atoms with Crippen molar-refractivity contribution in [1.82, 2.24) is 0 Å². The van der Waals surface area contributed by atoms with Gasteiger partial charge in [-0.15, -0.1) is 11.8 Å². The molecule has 0 aliphatic carbocycles. The molecule has 0 bridgehead atoms. The lowest BCUT2D eigenvalue weighted by molar-refractivity contribution is -0.138. The lowest BCUT2D eigenvalue weighted by Crippen LogP contribution is -2.14. The monoisotopic (exact) mass is 286 g/mol. The van der Waals surface area contributed by atoms with Crippen molar-refractivity contribution in [1.29, 1.82) is 0 Å². The summed E-state index contributed by atoms with van der Waals surface area (Å²) >= 11 is 1.59. The first-order valence-electron chi connectivity index (χ1n) is 6.55. The molecule has 0 spiro atoms. The number of thioether (sulfide) groups is 1. The normalized spacial score (nSPS) is 12.1. The highest BCUT2D eigenvalue weighted by Gasteiger charge is 2.19. The highest BCUT2D eigenvalue weighted by molar-refractivity contribution is 7.99. The van der Waals surface area contributed by atoms with Crippen molar-refractivity contribution in [3.63, 3.8) is 0 Å². The van der Waals surface area contributed by atoms with Gasteiger partial charge >= 0.3 is 5.97 Å². The largest absolute Gasteiger partial charge is 0.481 e. The zero-order chi connectivity index (χ0) is 14.5. The van der Waals surface area contributed by atoms with Gasteiger partial charge in [-0.25, -0.2) is 0 Å². The number of rotatable bonds is 5. The van der Waals surface area contributed by atoms with Gasteiger partial charge in [0.05, 0.1) is 5.92 Å². The first-order chi connectivity index (χ1) is 9.58. The SMILES string of the molecule is Cc1ccc(SCC(C(=O)O)c2ccccc2)cc1C. The Hall–Kier alpha value is -1.74. The van der Waals surface area contributed by atoms with E-state index in [0.29, 0.717) is 5.75 Å². The van der Waals surface area contributed by atoms with Crippen molar-refractivity contribution >= 4 is 17.7 Å². The molecule has 104 valence electrons. The van der Waals surface area contributed by atoms with Crippen LogP contribution in [0.15, 0.2) is 53.4 Å². The Morgan fingerprint density at radius 1 is 1.10 bits per heavy atom. The molecular weight excluding hydrogens is 268 g/mol. The summed E-state index contributed by atoms with van der Waals surface area (Å²) in [5.74, 6) is -0.697. The van der Waals surface area contributed by atoms with Crippen LogP contribution in [0.25, 0.3) is 0 Å². The van der Waals surface area contributed by atoms with E-state index in [0.717, 1.165) is 10.5 Å². The van der Waals surface area contributed by atoms with E-state index < -0.39 is 11.9 Å². The minimum absolute atomic E-state index is 0.470. The average molecular weight is 286 g/mol. The van der Waals surface area contributed by atoms with Crippen LogP contribution in [0.2, 0.25) is 0 Å². The topological polar surface area (TPSA) is 37.3 Å². The van der Waals surface area contributed by atoms with Gasteiger partial charge < -0.3 is 5.11 Å². The van der Waals surface area contributed by atoms with E-state index in [9.17, 15) is 9.90 Å². The molecule has 2 rings (SSSR count). The Morgan fingerprint density at radius 3 is 2.40 bits per heavy atom. The van der Waals surface area contributed by atoms with Crippen LogP contribution in [0.3, 0.4) is 0 Å². The summed E-state index contributed by atoms with van der Waals surface area (Å²) in [4.78, 5) is 12.5. The van der Waals surface area contributed by atoms with Gasteiger partial charge in [0.1, 0.15) is 0 Å². The third-order valence-electron chi connectivity index (χ3n) is 3.40. The Morgan fingerprint density at radius 2 is 1.80 bits per heavy atom. The van der Waals surface area contributed by atoms with E-state index in [1.807, 2.05) is 30.3 Å². The van der Waals surface area contributed by atoms with Crippen molar-refractivity contribution in [2.75, 3.05) is 5.75 Å². The highest BCUT2D eigenvalue weighted by Crippen LogP contribution is 2.27. The predicted octanol–water partition coefficient (Wildman–Crippen LogP) is 4.26. The van der Waals surface area contributed by atoms with E-state index in [4.69, 9.17) is 0 Å². The molecule has 20 heavy (non-hydrogen) atoms. The third-order valence-corrected chi connectivity index (χ3v) is 4.48. The molecule has 0 aromatic heterocycles. The van der Waals surface area contributed by atoms with Crippen LogP contribution in [-0.2, 0) is 4.79 Å². The summed E-state index contributed by atoms with van der Waals surface area (Å²) in [7, 11) is 0. The number of carboxylic acids is 1. The molecule has 0 radical (unpaired) electrons. The van der Waals surface area contributed by atoms with Gasteiger partial charge in [0.15, 0.2) is 0 Å². The summed E-state index contributed by atoms with van der Waals surface area (Å²) in [5, 5.41) is 9.39. The second kappa shape index (κ2) is 6.62. The fourth-order valence-corrected chi connectivity index (χ4v) is 3.10. The Labute approximate surface area is 123 Å². The zero-order valence-electron chi connectivity index (χ0n) is 11.7. The van der Waals surface area contributed by atoms with Crippen molar-refractivity contribution < 1.29 is 9.90 Å². The second-order valence-electron chi connectivity index (χ2n) is 4.86. The summed E-state index contributed by atoms with van der Waals surface area (Å²) in [5.41, 5.74) is 3.35. The lowest BCUT2D eigenvalue weighted by atomic mass is 10.0. The standard InChI is InChI=1S/C17H18O2S/c1-12-8-9-15(10-13(12)2)20-11-16(17(18)19)14-6-4-3-5-7-14/h3-10,16H,11H2,1-2H3,(H,18,19). The first kappa shape index (κ1) is 14.7. The molecule has 0 heterocycles. The number of carboxylic acid groups (broad SMARTS) is 1. The van der Waals surface area contributed by atoms with Gasteiger partial charge in [0.2, 0.25) is 0 Å². The van der Waals surface area contributed by atoms with Gasteiger partial charge in [-0.1, -0.05) is 36.4 Å². The smallest absolute Gasteiger partial charge is 0.311 e. The molecule has 2 aromatic carbocycles. The predicted molar refractivity (Wildman–Crippen MR) is 83.5 cm³/mol. The lowest BCUT2D eigenvalue weighted by Gasteiger charge is -2.13. The number of hydrogen-bond acceptors (Lipinski definition) is 2. The number of aryl methyl sites for hydroxylation is 2. The Balaban J connectivity index is 2.10. The maximum absolute atomic E-state index is 11.4. The van der Waals surface area contributed by atoms with Crippen LogP contribution < -0.4 is 0 Å². The van der Waals surface area contributed by atoms with E-state index >= 15 is 0 Å². The minimum Gasteiger partial charge on any atom is -0.481 e. The molecule has 0 saturated heterocycles. The van der Waals surface area contributed by atoms with E-state index in [1.165, 1.54) is 11.1 Å². The summed E-state index contributed by atoms with van der Waals surface area (Å²) in [6, 6.07) is 15.7. The summed E-state index contributed by atoms with van der Waals surface area (Å²) in [6.07, 6.45) is 0. The first-order valence-corrected chi connectivity index (χ1v) is 7.54. The van der Waals surface area contributed by atoms with Crippen LogP contribution in [0.1, 0.15) is 22.6 Å². The van der Waals surface area contributed by atoms with Crippen molar-refractivity contribution in [3.8, 4) is 0 Å². The molecule has 0 aliphatic heterocycles. The molecule has 1 N–H and O–H groups in total. The second-order valence-corrected chi connectivity index (χ2v) is 5.95. The third kappa shape index (κ3) is 3.64. The molecule has 0 saturated carbocycles. The van der Waals surface area contributed by atoms with Gasteiger partial charge in [-0.2, -0.15) is 0 Å². The van der Waals surface area contributed by atoms with Gasteiger partial charge in [0, 0.05) is 10.6 Å². The molecule has 2 aromatic rings. The van der Waals surface area contributed by atoms with Crippen LogP contribution in [0.5, 0.6) is 0 Å². The van der Waals surface area contributed by atoms with Crippen LogP contribution in [0, 0.1) is 13.8 Å². The van der Waals surface area contributed by atoms with Crippen molar-refractivity contribution in [2.24, 2.45) is 0 Å². The number of benzene rings is 2. The van der Waals surface area contributed by atoms with Crippen LogP contribution in [-0.4, -0.2) is 16.8 Å². The quantitative estimate of drug-likeness (QED) is 0.834. The number of carbonyl (C=O) groups is 1. The maximum Gasteiger partial charge on any atom is 0.311 e. The molecule has 0 fully saturated rings. The highest BCUT2D eigenvalue weighted by atomic mass is 32.2. The fourth-order valence-electron chi connectivity index (χ4n) is 1.98. The van der Waals surface area contributed by atoms with Crippen LogP contribution in [0.4, 0.5) is 0 Å². The number of hydrogen-bond donors (Lipinski definition) is 1. The Kier molecular flexibility index (Phi) is 4.85. The Bertz CT molecular complexity index is 593. The molecular formula is C17H18O2S. The van der Waals surface area contributed by atoms with E-state index in [1.54, 1.807) is 11.8 Å². The molecule has 1 unspecified atom stereocenters. The van der Waals surface area contributed by atoms with Gasteiger partial charge in [-0.05, 0) is 42.7 Å². The van der Waals surface area contributed by atoms with Gasteiger partial charge in [0.25, 0.3) is 0 Å². The van der Waals surface area contributed by atoms with Gasteiger partial charge in [-0.3, -0.25) is 4.79 Å². The maximum atomic E-state index is 11.4. The van der Waals surface area contributed by atoms with Crippen molar-refractivity contribution in [3.05, 3.63) is 65.2 Å². The number of aliphatic carboxylic acids is 1. The molecule has 0 amide bonds. The van der Waals surface area contributed by atoms with Crippen molar-refractivity contribution in [2.45, 2.75) is 24.7 Å². The van der Waals surface area contributed by atoms with E-state index in [-0.39, 0.29) is 0 Å². The molecule has 3 heteroatoms. The average Bonchev–Trinajstić information content (AvgIpc) is 2.44. The van der Waals surface area contributed by atoms with E-state index in [2.05, 4.69) is 32.0 Å². The van der Waals surface area contributed by atoms with Crippen LogP contribution >= 0.6 is 11.8 Å². The minimum atomic E-state index is -0.771. The summed E-state index contributed by atoms with van der Waals surface area (Å²) in [6.45, 7) is 4.15. The fraction of sp³-hybridized carbons (Fsp3) is 0.235. The summed E-state index contributed by atoms with van der Waals surface area (Å²) < 4.78 is 0. The zero-order valence-corrected chi connectivity index (χ0v) is 12.5. The molecule has 0 aliphatic rings. The molecule has 2 nitrogen and oxygen atoms in total.